The fraction of sp³-hybridized carbons (Fsp3) is 1.00. The highest BCUT2D eigenvalue weighted by molar-refractivity contribution is 7.53. The maximum Gasteiger partial charge on any atom is 0.344 e. The monoisotopic (exact) mass is 316 g/mol. The molecule has 0 aliphatic heterocycles. The number of rotatable bonds is 9. The van der Waals surface area contributed by atoms with Gasteiger partial charge in [0, 0.05) is 6.54 Å². The molecule has 0 rings (SSSR count). The van der Waals surface area contributed by atoms with Gasteiger partial charge in [-0.05, 0) is 27.7 Å². The van der Waals surface area contributed by atoms with Crippen LogP contribution < -0.4 is 5.73 Å². The predicted octanol–water partition coefficient (Wildman–Crippen LogP) is 0.126. The zero-order chi connectivity index (χ0) is 16.2. The maximum absolute atomic E-state index is 12.1. The van der Waals surface area contributed by atoms with Crippen LogP contribution in [0.4, 0.5) is 0 Å². The molecule has 0 heterocycles. The lowest BCUT2D eigenvalue weighted by Gasteiger charge is -2.30. The molecule has 0 saturated heterocycles. The lowest BCUT2D eigenvalue weighted by Crippen LogP contribution is -2.41. The number of nitrogens with zero attached hydrogens (tertiary/aromatic N) is 1. The van der Waals surface area contributed by atoms with Crippen LogP contribution in [0.25, 0.3) is 0 Å². The van der Waals surface area contributed by atoms with Gasteiger partial charge in [-0.2, -0.15) is 0 Å². The van der Waals surface area contributed by atoms with Gasteiger partial charge in [0.05, 0.1) is 19.8 Å². The van der Waals surface area contributed by atoms with E-state index in [0.717, 1.165) is 0 Å². The van der Waals surface area contributed by atoms with Gasteiger partial charge in [-0.15, -0.1) is 0 Å². The van der Waals surface area contributed by atoms with Gasteiger partial charge < -0.3 is 30.1 Å². The second-order valence-electron chi connectivity index (χ2n) is 3.88. The first-order valence-corrected chi connectivity index (χ1v) is 8.31. The first-order valence-electron chi connectivity index (χ1n) is 6.58. The molecule has 0 amide bonds. The van der Waals surface area contributed by atoms with E-state index in [9.17, 15) is 14.8 Å². The average molecular weight is 316 g/mol. The van der Waals surface area contributed by atoms with Gasteiger partial charge in [0.15, 0.2) is 0 Å². The van der Waals surface area contributed by atoms with Crippen LogP contribution in [0, 0.1) is 0 Å². The molecule has 0 aromatic heterocycles. The molecule has 2 unspecified atom stereocenters. The van der Waals surface area contributed by atoms with E-state index in [2.05, 4.69) is 0 Å². The summed E-state index contributed by atoms with van der Waals surface area (Å²) in [6, 6.07) is 0. The van der Waals surface area contributed by atoms with E-state index < -0.39 is 20.1 Å². The van der Waals surface area contributed by atoms with E-state index in [0.29, 0.717) is 6.54 Å². The van der Waals surface area contributed by atoms with Crippen molar-refractivity contribution in [1.82, 2.24) is 4.90 Å². The minimum Gasteiger partial charge on any atom is -0.395 e. The molecule has 0 aromatic carbocycles. The minimum atomic E-state index is -3.28. The van der Waals surface area contributed by atoms with Crippen molar-refractivity contribution in [2.45, 2.75) is 40.2 Å². The largest absolute Gasteiger partial charge is 0.395 e. The van der Waals surface area contributed by atoms with Crippen molar-refractivity contribution in [2.75, 3.05) is 32.7 Å². The van der Waals surface area contributed by atoms with Crippen LogP contribution in [-0.2, 0) is 13.6 Å². The van der Waals surface area contributed by atoms with Gasteiger partial charge in [-0.1, -0.05) is 0 Å². The number of aliphatic hydroxyl groups is 3. The number of aliphatic hydroxyl groups excluding tert-OH is 3. The molecule has 5 N–H and O–H groups in total. The Hall–Kier alpha value is -0.0500. The van der Waals surface area contributed by atoms with E-state index in [1.807, 2.05) is 0 Å². The van der Waals surface area contributed by atoms with Crippen molar-refractivity contribution >= 4 is 7.60 Å². The summed E-state index contributed by atoms with van der Waals surface area (Å²) in [5, 5.41) is 26.6. The fourth-order valence-corrected chi connectivity index (χ4v) is 3.16. The van der Waals surface area contributed by atoms with Crippen molar-refractivity contribution in [3.63, 3.8) is 0 Å². The van der Waals surface area contributed by atoms with Crippen LogP contribution in [0.15, 0.2) is 0 Å². The van der Waals surface area contributed by atoms with Gasteiger partial charge in [-0.3, -0.25) is 4.57 Å². The molecule has 2 atom stereocenters. The minimum absolute atomic E-state index is 0.0972. The topological polar surface area (TPSA) is 125 Å². The number of hydrogen-bond donors (Lipinski definition) is 4. The van der Waals surface area contributed by atoms with Crippen LogP contribution in [-0.4, -0.2) is 65.3 Å². The molecule has 124 valence electrons. The van der Waals surface area contributed by atoms with E-state index in [4.69, 9.17) is 19.9 Å². The van der Waals surface area contributed by atoms with Crippen LogP contribution >= 0.6 is 7.60 Å². The zero-order valence-electron chi connectivity index (χ0n) is 12.7. The second kappa shape index (κ2) is 12.7. The number of hydrogen-bond acceptors (Lipinski definition) is 8. The molecule has 0 radical (unpaired) electrons. The smallest absolute Gasteiger partial charge is 0.344 e. The molecular weight excluding hydrogens is 287 g/mol. The Kier molecular flexibility index (Phi) is 14.1. The van der Waals surface area contributed by atoms with Gasteiger partial charge in [0.2, 0.25) is 0 Å². The number of nitrogens with two attached hydrogens (primary N) is 1. The van der Waals surface area contributed by atoms with E-state index in [-0.39, 0.29) is 26.1 Å². The van der Waals surface area contributed by atoms with Gasteiger partial charge >= 0.3 is 7.60 Å². The Morgan fingerprint density at radius 3 is 1.70 bits per heavy atom. The first-order chi connectivity index (χ1) is 9.27. The normalized spacial score (nSPS) is 14.7. The summed E-state index contributed by atoms with van der Waals surface area (Å²) in [5.41, 5.74) is 4.78. The van der Waals surface area contributed by atoms with Crippen LogP contribution in [0.5, 0.6) is 0 Å². The molecule has 0 aliphatic rings. The summed E-state index contributed by atoms with van der Waals surface area (Å²) in [6.45, 7) is 7.36. The first kappa shape index (κ1) is 22.2. The lowest BCUT2D eigenvalue weighted by molar-refractivity contribution is -0.0761. The SMILES string of the molecule is CCOP(=O)(CN(C(C)O)C(C)O)OCC.NCCO. The Balaban J connectivity index is 0. The molecule has 0 fully saturated rings. The van der Waals surface area contributed by atoms with Crippen molar-refractivity contribution in [3.8, 4) is 0 Å². The summed E-state index contributed by atoms with van der Waals surface area (Å²) in [4.78, 5) is 1.24. The van der Waals surface area contributed by atoms with Crippen LogP contribution in [0.2, 0.25) is 0 Å². The predicted molar refractivity (Wildman–Crippen MR) is 77.1 cm³/mol. The Bertz CT molecular complexity index is 245. The molecule has 8 nitrogen and oxygen atoms in total. The highest BCUT2D eigenvalue weighted by atomic mass is 31.2. The standard InChI is InChI=1S/C9H22NO5P.C2H7NO/c1-5-14-16(13,15-6-2)7-10(8(3)11)9(4)12;3-1-2-4/h8-9,11-12H,5-7H2,1-4H3;4H,1-3H2. The summed E-state index contributed by atoms with van der Waals surface area (Å²) in [5.74, 6) is 0. The van der Waals surface area contributed by atoms with E-state index >= 15 is 0 Å². The third-order valence-electron chi connectivity index (χ3n) is 2.08. The van der Waals surface area contributed by atoms with E-state index in [1.165, 1.54) is 18.7 Å². The van der Waals surface area contributed by atoms with Crippen molar-refractivity contribution in [1.29, 1.82) is 0 Å². The molecule has 0 spiro atoms. The summed E-state index contributed by atoms with van der Waals surface area (Å²) in [7, 11) is -3.28. The van der Waals surface area contributed by atoms with Gasteiger partial charge in [0.1, 0.15) is 18.7 Å². The molecule has 0 aromatic rings. The van der Waals surface area contributed by atoms with Gasteiger partial charge in [-0.25, -0.2) is 4.90 Å². The van der Waals surface area contributed by atoms with Gasteiger partial charge in [0.25, 0.3) is 0 Å². The fourth-order valence-electron chi connectivity index (χ4n) is 1.26. The molecule has 20 heavy (non-hydrogen) atoms. The maximum atomic E-state index is 12.1. The molecule has 0 saturated carbocycles. The van der Waals surface area contributed by atoms with E-state index in [1.54, 1.807) is 13.8 Å². The molecule has 0 bridgehead atoms. The quantitative estimate of drug-likeness (QED) is 0.349. The molecule has 0 aliphatic carbocycles. The Morgan fingerprint density at radius 2 is 1.50 bits per heavy atom. The lowest BCUT2D eigenvalue weighted by atomic mass is 10.5. The Labute approximate surface area is 121 Å². The van der Waals surface area contributed by atoms with Crippen molar-refractivity contribution < 1.29 is 28.9 Å². The summed E-state index contributed by atoms with van der Waals surface area (Å²) < 4.78 is 22.3. The highest BCUT2D eigenvalue weighted by Crippen LogP contribution is 2.48. The Morgan fingerprint density at radius 1 is 1.15 bits per heavy atom. The van der Waals surface area contributed by atoms with Crippen molar-refractivity contribution in [2.24, 2.45) is 5.73 Å². The third-order valence-corrected chi connectivity index (χ3v) is 4.05. The van der Waals surface area contributed by atoms with Crippen LogP contribution in [0.1, 0.15) is 27.7 Å². The van der Waals surface area contributed by atoms with Crippen LogP contribution in [0.3, 0.4) is 0 Å². The average Bonchev–Trinajstić information content (AvgIpc) is 2.36. The molecular formula is C11H29N2O6P. The highest BCUT2D eigenvalue weighted by Gasteiger charge is 2.30. The summed E-state index contributed by atoms with van der Waals surface area (Å²) >= 11 is 0. The summed E-state index contributed by atoms with van der Waals surface area (Å²) in [6.07, 6.45) is -1.98. The molecule has 9 heteroatoms. The van der Waals surface area contributed by atoms with Crippen molar-refractivity contribution in [3.05, 3.63) is 0 Å². The zero-order valence-corrected chi connectivity index (χ0v) is 13.6. The third kappa shape index (κ3) is 10.7. The second-order valence-corrected chi connectivity index (χ2v) is 5.90.